The Morgan fingerprint density at radius 3 is 2.05 bits per heavy atom. The van der Waals surface area contributed by atoms with Crippen LogP contribution in [0.5, 0.6) is 11.5 Å². The summed E-state index contributed by atoms with van der Waals surface area (Å²) in [7, 11) is 0. The molecule has 1 atom stereocenters. The largest absolute Gasteiger partial charge is 0.508 e. The zero-order valence-electron chi connectivity index (χ0n) is 15.2. The second kappa shape index (κ2) is 6.31. The zero-order chi connectivity index (χ0) is 17.3. The van der Waals surface area contributed by atoms with Crippen molar-refractivity contribution in [1.29, 1.82) is 0 Å². The van der Waals surface area contributed by atoms with Crippen molar-refractivity contribution in [2.45, 2.75) is 60.8 Å². The van der Waals surface area contributed by atoms with Crippen molar-refractivity contribution < 1.29 is 14.6 Å². The summed E-state index contributed by atoms with van der Waals surface area (Å²) in [5.74, 6) is 0.519. The third kappa shape index (κ3) is 4.49. The first-order chi connectivity index (χ1) is 9.84. The van der Waals surface area contributed by atoms with Gasteiger partial charge in [-0.25, -0.2) is 0 Å². The number of esters is 1. The van der Waals surface area contributed by atoms with E-state index in [1.165, 1.54) is 0 Å². The van der Waals surface area contributed by atoms with E-state index in [1.54, 1.807) is 18.2 Å². The normalized spacial score (nSPS) is 14.0. The zero-order valence-corrected chi connectivity index (χ0v) is 15.2. The van der Waals surface area contributed by atoms with Crippen LogP contribution in [0, 0.1) is 17.3 Å². The van der Waals surface area contributed by atoms with Crippen molar-refractivity contribution in [1.82, 2.24) is 0 Å². The van der Waals surface area contributed by atoms with E-state index in [2.05, 4.69) is 20.8 Å². The molecule has 22 heavy (non-hydrogen) atoms. The van der Waals surface area contributed by atoms with E-state index in [0.29, 0.717) is 5.75 Å². The molecule has 0 aliphatic carbocycles. The molecule has 0 amide bonds. The highest BCUT2D eigenvalue weighted by Crippen LogP contribution is 2.36. The highest BCUT2D eigenvalue weighted by atomic mass is 16.5. The van der Waals surface area contributed by atoms with E-state index in [1.807, 2.05) is 34.6 Å². The first-order valence-corrected chi connectivity index (χ1v) is 7.89. The number of hydrogen-bond donors (Lipinski definition) is 1. The molecule has 1 unspecified atom stereocenters. The lowest BCUT2D eigenvalue weighted by Gasteiger charge is -2.31. The van der Waals surface area contributed by atoms with Gasteiger partial charge in [0.05, 0.1) is 5.92 Å². The van der Waals surface area contributed by atoms with Crippen molar-refractivity contribution in [3.05, 3.63) is 23.8 Å². The maximum atomic E-state index is 12.6. The van der Waals surface area contributed by atoms with Crippen molar-refractivity contribution in [3.63, 3.8) is 0 Å². The van der Waals surface area contributed by atoms with Gasteiger partial charge < -0.3 is 9.84 Å². The van der Waals surface area contributed by atoms with E-state index in [9.17, 15) is 9.90 Å². The molecule has 124 valence electrons. The van der Waals surface area contributed by atoms with Crippen LogP contribution in [-0.4, -0.2) is 11.1 Å². The average Bonchev–Trinajstić information content (AvgIpc) is 2.27. The molecule has 3 heteroatoms. The number of phenolic OH excluding ortho intramolecular Hbond substituents is 1. The molecule has 0 aliphatic heterocycles. The van der Waals surface area contributed by atoms with Crippen LogP contribution in [0.1, 0.15) is 61.0 Å². The number of aromatic hydroxyl groups is 1. The van der Waals surface area contributed by atoms with Crippen LogP contribution >= 0.6 is 0 Å². The Balaban J connectivity index is 3.07. The number of carbonyl (C=O) groups excluding carboxylic acids is 1. The number of phenols is 1. The fourth-order valence-electron chi connectivity index (χ4n) is 2.98. The number of benzene rings is 1. The minimum Gasteiger partial charge on any atom is -0.508 e. The van der Waals surface area contributed by atoms with Crippen molar-refractivity contribution >= 4 is 5.97 Å². The number of ether oxygens (including phenoxy) is 1. The first-order valence-electron chi connectivity index (χ1n) is 7.89. The van der Waals surface area contributed by atoms with Crippen molar-refractivity contribution in [3.8, 4) is 11.5 Å². The smallest absolute Gasteiger partial charge is 0.315 e. The van der Waals surface area contributed by atoms with Crippen molar-refractivity contribution in [2.75, 3.05) is 0 Å². The van der Waals surface area contributed by atoms with Gasteiger partial charge in [-0.05, 0) is 34.9 Å². The van der Waals surface area contributed by atoms with Crippen LogP contribution in [0.25, 0.3) is 0 Å². The van der Waals surface area contributed by atoms with Crippen LogP contribution < -0.4 is 4.74 Å². The lowest BCUT2D eigenvalue weighted by Crippen LogP contribution is -2.35. The molecule has 0 fully saturated rings. The van der Waals surface area contributed by atoms with Gasteiger partial charge >= 0.3 is 5.97 Å². The van der Waals surface area contributed by atoms with Crippen LogP contribution in [0.15, 0.2) is 18.2 Å². The number of rotatable bonds is 3. The molecule has 1 aromatic carbocycles. The Hall–Kier alpha value is -1.51. The Morgan fingerprint density at radius 2 is 1.64 bits per heavy atom. The summed E-state index contributed by atoms with van der Waals surface area (Å²) in [6, 6.07) is 4.99. The molecular weight excluding hydrogens is 276 g/mol. The maximum Gasteiger partial charge on any atom is 0.315 e. The maximum absolute atomic E-state index is 12.6. The van der Waals surface area contributed by atoms with Gasteiger partial charge in [0.15, 0.2) is 0 Å². The Bertz CT molecular complexity index is 531. The van der Waals surface area contributed by atoms with E-state index in [-0.39, 0.29) is 34.4 Å². The molecule has 0 aliphatic rings. The molecule has 0 saturated carbocycles. The molecule has 0 radical (unpaired) electrons. The summed E-state index contributed by atoms with van der Waals surface area (Å²) in [6.07, 6.45) is 0. The monoisotopic (exact) mass is 306 g/mol. The molecule has 0 heterocycles. The highest BCUT2D eigenvalue weighted by molar-refractivity contribution is 5.76. The Labute approximate surface area is 134 Å². The minimum absolute atomic E-state index is 0.158. The van der Waals surface area contributed by atoms with Gasteiger partial charge in [-0.3, -0.25) is 4.79 Å². The molecule has 0 spiro atoms. The lowest BCUT2D eigenvalue weighted by molar-refractivity contribution is -0.144. The molecule has 1 N–H and O–H groups in total. The van der Waals surface area contributed by atoms with Crippen LogP contribution in [-0.2, 0) is 10.2 Å². The highest BCUT2D eigenvalue weighted by Gasteiger charge is 2.35. The number of hydrogen-bond acceptors (Lipinski definition) is 3. The van der Waals surface area contributed by atoms with E-state index in [4.69, 9.17) is 4.74 Å². The van der Waals surface area contributed by atoms with E-state index < -0.39 is 0 Å². The van der Waals surface area contributed by atoms with Gasteiger partial charge in [-0.15, -0.1) is 0 Å². The quantitative estimate of drug-likeness (QED) is 0.637. The molecule has 0 saturated heterocycles. The van der Waals surface area contributed by atoms with Crippen LogP contribution in [0.4, 0.5) is 0 Å². The van der Waals surface area contributed by atoms with Gasteiger partial charge in [0.2, 0.25) is 0 Å². The predicted octanol–water partition coefficient (Wildman–Crippen LogP) is 4.91. The molecule has 0 bridgehead atoms. The fourth-order valence-corrected chi connectivity index (χ4v) is 2.98. The molecular formula is C19H30O3. The topological polar surface area (TPSA) is 46.5 Å². The summed E-state index contributed by atoms with van der Waals surface area (Å²) in [5, 5.41) is 9.99. The average molecular weight is 306 g/mol. The molecule has 1 aromatic rings. The molecule has 1 rings (SSSR count). The second-order valence-corrected chi connectivity index (χ2v) is 8.44. The summed E-state index contributed by atoms with van der Waals surface area (Å²) >= 11 is 0. The summed E-state index contributed by atoms with van der Waals surface area (Å²) < 4.78 is 5.61. The molecule has 0 aromatic heterocycles. The summed E-state index contributed by atoms with van der Waals surface area (Å²) in [4.78, 5) is 12.6. The van der Waals surface area contributed by atoms with Gasteiger partial charge in [0.1, 0.15) is 11.5 Å². The number of carbonyl (C=O) groups is 1. The van der Waals surface area contributed by atoms with Crippen LogP contribution in [0.3, 0.4) is 0 Å². The minimum atomic E-state index is -0.215. The third-order valence-electron chi connectivity index (χ3n) is 3.85. The fraction of sp³-hybridized carbons (Fsp3) is 0.632. The Morgan fingerprint density at radius 1 is 1.09 bits per heavy atom. The van der Waals surface area contributed by atoms with Gasteiger partial charge in [0.25, 0.3) is 0 Å². The SMILES string of the molecule is CC(C)C(C(=O)Oc1ccc(O)c(C(C)(C)C)c1)C(C)(C)C. The van der Waals surface area contributed by atoms with Crippen molar-refractivity contribution in [2.24, 2.45) is 17.3 Å². The van der Waals surface area contributed by atoms with Gasteiger partial charge in [-0.2, -0.15) is 0 Å². The standard InChI is InChI=1S/C19H30O3/c1-12(2)16(19(6,7)8)17(21)22-13-9-10-15(20)14(11-13)18(3,4)5/h9-12,16,20H,1-8H3. The van der Waals surface area contributed by atoms with Crippen LogP contribution in [0.2, 0.25) is 0 Å². The van der Waals surface area contributed by atoms with Gasteiger partial charge in [0, 0.05) is 5.56 Å². The first kappa shape index (κ1) is 18.5. The second-order valence-electron chi connectivity index (χ2n) is 8.44. The van der Waals surface area contributed by atoms with Gasteiger partial charge in [-0.1, -0.05) is 55.4 Å². The summed E-state index contributed by atoms with van der Waals surface area (Å²) in [6.45, 7) is 16.3. The van der Waals surface area contributed by atoms with E-state index >= 15 is 0 Å². The third-order valence-corrected chi connectivity index (χ3v) is 3.85. The lowest BCUT2D eigenvalue weighted by atomic mass is 9.74. The Kier molecular flexibility index (Phi) is 5.32. The van der Waals surface area contributed by atoms with E-state index in [0.717, 1.165) is 5.56 Å². The molecule has 3 nitrogen and oxygen atoms in total. The predicted molar refractivity (Wildman–Crippen MR) is 90.2 cm³/mol. The summed E-state index contributed by atoms with van der Waals surface area (Å²) in [5.41, 5.74) is 0.401.